The molecule has 0 saturated carbocycles. The number of carbonyl (C=O) groups is 1. The van der Waals surface area contributed by atoms with Crippen molar-refractivity contribution in [3.05, 3.63) is 71.0 Å². The van der Waals surface area contributed by atoms with Crippen LogP contribution >= 0.6 is 0 Å². The molecule has 1 N–H and O–H groups in total. The summed E-state index contributed by atoms with van der Waals surface area (Å²) in [6, 6.07) is 8.62. The number of amides is 1. The number of morpholine rings is 1. The lowest BCUT2D eigenvalue weighted by atomic mass is 10.1. The predicted molar refractivity (Wildman–Crippen MR) is 124 cm³/mol. The van der Waals surface area contributed by atoms with E-state index < -0.39 is 10.8 Å². The Balaban J connectivity index is 1.57. The molecule has 1 unspecified atom stereocenters. The van der Waals surface area contributed by atoms with Crippen LogP contribution in [0.15, 0.2) is 64.8 Å². The van der Waals surface area contributed by atoms with Crippen molar-refractivity contribution in [2.24, 2.45) is 0 Å². The Morgan fingerprint density at radius 2 is 1.85 bits per heavy atom. The minimum Gasteiger partial charge on any atom is -0.378 e. The van der Waals surface area contributed by atoms with Gasteiger partial charge < -0.3 is 14.6 Å². The number of hydrogen-bond acceptors (Lipinski definition) is 6. The minimum atomic E-state index is -1.24. The first-order valence-corrected chi connectivity index (χ1v) is 11.9. The molecule has 0 bridgehead atoms. The molecular formula is C23H21N5O4S. The van der Waals surface area contributed by atoms with Crippen molar-refractivity contribution in [3.63, 3.8) is 0 Å². The number of fused-ring (bicyclic) bond motifs is 1. The van der Waals surface area contributed by atoms with Gasteiger partial charge in [-0.2, -0.15) is 0 Å². The van der Waals surface area contributed by atoms with E-state index in [0.29, 0.717) is 59.4 Å². The number of hydrogen-bond donors (Lipinski definition) is 1. The van der Waals surface area contributed by atoms with E-state index in [4.69, 9.17) is 4.74 Å². The van der Waals surface area contributed by atoms with Gasteiger partial charge in [-0.1, -0.05) is 6.07 Å². The van der Waals surface area contributed by atoms with E-state index in [1.165, 1.54) is 6.07 Å². The van der Waals surface area contributed by atoms with Crippen LogP contribution < -0.4 is 5.56 Å². The number of pyridine rings is 1. The zero-order valence-electron chi connectivity index (χ0n) is 17.9. The molecule has 1 fully saturated rings. The lowest BCUT2D eigenvalue weighted by Gasteiger charge is -2.26. The van der Waals surface area contributed by atoms with Crippen LogP contribution in [0.1, 0.15) is 10.4 Å². The van der Waals surface area contributed by atoms with Gasteiger partial charge in [0.05, 0.1) is 34.4 Å². The van der Waals surface area contributed by atoms with Gasteiger partial charge in [0.15, 0.2) is 0 Å². The second-order valence-electron chi connectivity index (χ2n) is 7.67. The molecule has 1 aromatic carbocycles. The Labute approximate surface area is 191 Å². The van der Waals surface area contributed by atoms with Crippen molar-refractivity contribution in [2.45, 2.75) is 4.90 Å². The minimum absolute atomic E-state index is 0.0716. The summed E-state index contributed by atoms with van der Waals surface area (Å²) in [7, 11) is -1.24. The van der Waals surface area contributed by atoms with Gasteiger partial charge in [0.25, 0.3) is 5.91 Å². The van der Waals surface area contributed by atoms with Gasteiger partial charge in [0.1, 0.15) is 0 Å². The first-order valence-electron chi connectivity index (χ1n) is 10.4. The Bertz CT molecular complexity index is 1420. The number of ether oxygens (including phenoxy) is 1. The highest BCUT2D eigenvalue weighted by Gasteiger charge is 2.21. The smallest absolute Gasteiger partial charge is 0.254 e. The second-order valence-corrected chi connectivity index (χ2v) is 9.02. The third kappa shape index (κ3) is 4.10. The third-order valence-corrected chi connectivity index (χ3v) is 6.53. The van der Waals surface area contributed by atoms with Gasteiger partial charge in [-0.25, -0.2) is 9.97 Å². The number of H-pyrrole nitrogens is 1. The van der Waals surface area contributed by atoms with Crippen LogP contribution in [-0.2, 0) is 15.5 Å². The maximum Gasteiger partial charge on any atom is 0.254 e. The number of nitrogens with zero attached hydrogens (tertiary/aromatic N) is 4. The number of aromatic nitrogens is 4. The van der Waals surface area contributed by atoms with Crippen LogP contribution in [0.5, 0.6) is 0 Å². The summed E-state index contributed by atoms with van der Waals surface area (Å²) in [4.78, 5) is 38.5. The molecule has 9 nitrogen and oxygen atoms in total. The molecule has 4 heterocycles. The molecule has 1 aliphatic rings. The van der Waals surface area contributed by atoms with E-state index in [2.05, 4.69) is 15.0 Å². The Morgan fingerprint density at radius 1 is 1.09 bits per heavy atom. The number of benzene rings is 1. The summed E-state index contributed by atoms with van der Waals surface area (Å²) < 4.78 is 19.5. The number of nitrogens with one attached hydrogen (secondary N) is 1. The first kappa shape index (κ1) is 21.2. The molecule has 3 aromatic heterocycles. The second kappa shape index (κ2) is 8.72. The summed E-state index contributed by atoms with van der Waals surface area (Å²) in [6.07, 6.45) is 8.19. The van der Waals surface area contributed by atoms with Gasteiger partial charge in [-0.05, 0) is 23.8 Å². The lowest BCUT2D eigenvalue weighted by molar-refractivity contribution is 0.0303. The topological polar surface area (TPSA) is 110 Å². The fraction of sp³-hybridized carbons (Fsp3) is 0.217. The van der Waals surface area contributed by atoms with Crippen molar-refractivity contribution in [3.8, 4) is 17.1 Å². The maximum absolute atomic E-state index is 13.0. The molecule has 1 atom stereocenters. The highest BCUT2D eigenvalue weighted by atomic mass is 32.2. The predicted octanol–water partition coefficient (Wildman–Crippen LogP) is 1.99. The molecule has 33 heavy (non-hydrogen) atoms. The average molecular weight is 464 g/mol. The van der Waals surface area contributed by atoms with Gasteiger partial charge >= 0.3 is 0 Å². The molecule has 0 radical (unpaired) electrons. The first-order chi connectivity index (χ1) is 16.0. The summed E-state index contributed by atoms with van der Waals surface area (Å²) in [5.41, 5.74) is 2.43. The van der Waals surface area contributed by atoms with Crippen molar-refractivity contribution in [1.82, 2.24) is 24.4 Å². The molecule has 10 heteroatoms. The highest BCUT2D eigenvalue weighted by Crippen LogP contribution is 2.28. The fourth-order valence-electron chi connectivity index (χ4n) is 3.89. The Morgan fingerprint density at radius 3 is 2.55 bits per heavy atom. The highest BCUT2D eigenvalue weighted by molar-refractivity contribution is 7.84. The molecular weight excluding hydrogens is 442 g/mol. The van der Waals surface area contributed by atoms with Crippen LogP contribution in [-0.4, -0.2) is 67.1 Å². The van der Waals surface area contributed by atoms with Crippen LogP contribution in [0.25, 0.3) is 28.0 Å². The van der Waals surface area contributed by atoms with Crippen LogP contribution in [0, 0.1) is 0 Å². The van der Waals surface area contributed by atoms with Gasteiger partial charge in [0, 0.05) is 66.7 Å². The Kier molecular flexibility index (Phi) is 5.61. The van der Waals surface area contributed by atoms with Gasteiger partial charge in [-0.3, -0.25) is 18.4 Å². The quantitative estimate of drug-likeness (QED) is 0.496. The van der Waals surface area contributed by atoms with Crippen LogP contribution in [0.2, 0.25) is 0 Å². The van der Waals surface area contributed by atoms with E-state index >= 15 is 0 Å². The molecule has 1 saturated heterocycles. The number of aromatic amines is 1. The van der Waals surface area contributed by atoms with E-state index in [-0.39, 0.29) is 11.5 Å². The van der Waals surface area contributed by atoms with E-state index in [0.717, 1.165) is 5.39 Å². The lowest BCUT2D eigenvalue weighted by Crippen LogP contribution is -2.40. The molecule has 4 aromatic rings. The third-order valence-electron chi connectivity index (χ3n) is 5.59. The molecule has 5 rings (SSSR count). The standard InChI is InChI=1S/C23H21N5O4S/c1-33(31)20-14-28(23-25-12-17(13-26-23)15-4-5-24-21(29)11-15)19-10-16(2-3-18(19)20)22(30)27-6-8-32-9-7-27/h2-5,10-14H,6-9H2,1H3,(H,24,29). The van der Waals surface area contributed by atoms with Gasteiger partial charge in [0.2, 0.25) is 11.5 Å². The van der Waals surface area contributed by atoms with E-state index in [1.807, 2.05) is 6.07 Å². The van der Waals surface area contributed by atoms with Gasteiger partial charge in [-0.15, -0.1) is 0 Å². The van der Waals surface area contributed by atoms with Crippen molar-refractivity contribution < 1.29 is 13.7 Å². The summed E-state index contributed by atoms with van der Waals surface area (Å²) in [5, 5.41) is 0.775. The maximum atomic E-state index is 13.0. The fourth-order valence-corrected chi connectivity index (χ4v) is 4.63. The largest absolute Gasteiger partial charge is 0.378 e. The molecule has 0 aliphatic carbocycles. The van der Waals surface area contributed by atoms with E-state index in [1.54, 1.807) is 58.7 Å². The van der Waals surface area contributed by atoms with Crippen molar-refractivity contribution in [1.29, 1.82) is 0 Å². The number of carbonyl (C=O) groups excluding carboxylic acids is 1. The molecule has 168 valence electrons. The van der Waals surface area contributed by atoms with E-state index in [9.17, 15) is 13.8 Å². The molecule has 1 aliphatic heterocycles. The Hall–Kier alpha value is -3.63. The zero-order valence-corrected chi connectivity index (χ0v) is 18.7. The normalized spacial score (nSPS) is 15.0. The number of rotatable bonds is 4. The van der Waals surface area contributed by atoms with Crippen LogP contribution in [0.4, 0.5) is 0 Å². The summed E-state index contributed by atoms with van der Waals surface area (Å²) >= 11 is 0. The van der Waals surface area contributed by atoms with Crippen molar-refractivity contribution >= 4 is 27.6 Å². The SMILES string of the molecule is CS(=O)c1cn(-c2ncc(-c3cc[nH]c(=O)c3)cn2)c2cc(C(=O)N3CCOCC3)ccc12. The monoisotopic (exact) mass is 463 g/mol. The molecule has 1 amide bonds. The zero-order chi connectivity index (χ0) is 22.9. The van der Waals surface area contributed by atoms with Crippen LogP contribution in [0.3, 0.4) is 0 Å². The van der Waals surface area contributed by atoms with Crippen molar-refractivity contribution in [2.75, 3.05) is 32.6 Å². The summed E-state index contributed by atoms with van der Waals surface area (Å²) in [5.74, 6) is 0.305. The average Bonchev–Trinajstić information content (AvgIpc) is 3.23. The molecule has 0 spiro atoms. The summed E-state index contributed by atoms with van der Waals surface area (Å²) in [6.45, 7) is 2.15.